The van der Waals surface area contributed by atoms with E-state index in [4.69, 9.17) is 0 Å². The molecule has 0 radical (unpaired) electrons. The van der Waals surface area contributed by atoms with Crippen LogP contribution in [0, 0.1) is 5.92 Å². The van der Waals surface area contributed by atoms with Crippen LogP contribution in [-0.4, -0.2) is 36.6 Å². The number of hydrogen-bond acceptors (Lipinski definition) is 2. The molecule has 1 N–H and O–H groups in total. The van der Waals surface area contributed by atoms with E-state index < -0.39 is 0 Å². The summed E-state index contributed by atoms with van der Waals surface area (Å²) in [5, 5.41) is 3.83. The molecule has 2 unspecified atom stereocenters. The molecule has 0 aliphatic carbocycles. The zero-order chi connectivity index (χ0) is 13.6. The highest BCUT2D eigenvalue weighted by Gasteiger charge is 2.34. The molecule has 2 heterocycles. The summed E-state index contributed by atoms with van der Waals surface area (Å²) in [7, 11) is 0. The van der Waals surface area contributed by atoms with Crippen molar-refractivity contribution >= 4 is 0 Å². The Hall–Kier alpha value is -0.0800. The lowest BCUT2D eigenvalue weighted by Gasteiger charge is -2.35. The minimum atomic E-state index is 0.458. The van der Waals surface area contributed by atoms with Crippen molar-refractivity contribution in [2.24, 2.45) is 5.92 Å². The monoisotopic (exact) mass is 266 g/mol. The average molecular weight is 266 g/mol. The maximum atomic E-state index is 3.83. The Morgan fingerprint density at radius 1 is 1.11 bits per heavy atom. The molecular weight excluding hydrogens is 232 g/mol. The van der Waals surface area contributed by atoms with Gasteiger partial charge in [-0.15, -0.1) is 0 Å². The number of likely N-dealkylation sites (tertiary alicyclic amines) is 1. The lowest BCUT2D eigenvalue weighted by atomic mass is 9.91. The van der Waals surface area contributed by atoms with Crippen molar-refractivity contribution in [1.29, 1.82) is 0 Å². The van der Waals surface area contributed by atoms with Crippen molar-refractivity contribution < 1.29 is 0 Å². The van der Waals surface area contributed by atoms with E-state index in [2.05, 4.69) is 24.1 Å². The molecule has 2 aliphatic rings. The van der Waals surface area contributed by atoms with Gasteiger partial charge in [-0.2, -0.15) is 0 Å². The summed E-state index contributed by atoms with van der Waals surface area (Å²) in [6, 6.07) is 0. The van der Waals surface area contributed by atoms with Gasteiger partial charge in [-0.05, 0) is 64.1 Å². The van der Waals surface area contributed by atoms with Crippen molar-refractivity contribution in [3.8, 4) is 0 Å². The summed E-state index contributed by atoms with van der Waals surface area (Å²) in [4.78, 5) is 2.77. The zero-order valence-corrected chi connectivity index (χ0v) is 13.2. The van der Waals surface area contributed by atoms with Gasteiger partial charge in [-0.3, -0.25) is 0 Å². The first-order valence-electron chi connectivity index (χ1n) is 8.75. The molecule has 0 amide bonds. The molecule has 0 aromatic heterocycles. The van der Waals surface area contributed by atoms with E-state index in [1.165, 1.54) is 84.0 Å². The van der Waals surface area contributed by atoms with Gasteiger partial charge in [0.2, 0.25) is 0 Å². The summed E-state index contributed by atoms with van der Waals surface area (Å²) in [6.07, 6.45) is 12.6. The van der Waals surface area contributed by atoms with Crippen LogP contribution in [0.4, 0.5) is 0 Å². The van der Waals surface area contributed by atoms with Crippen LogP contribution < -0.4 is 5.32 Å². The number of hydrogen-bond donors (Lipinski definition) is 1. The first-order chi connectivity index (χ1) is 9.28. The Kier molecular flexibility index (Phi) is 6.15. The largest absolute Gasteiger partial charge is 0.310 e. The summed E-state index contributed by atoms with van der Waals surface area (Å²) >= 11 is 0. The molecule has 0 spiro atoms. The molecule has 0 bridgehead atoms. The van der Waals surface area contributed by atoms with Crippen molar-refractivity contribution in [3.05, 3.63) is 0 Å². The highest BCUT2D eigenvalue weighted by atomic mass is 15.2. The van der Waals surface area contributed by atoms with Gasteiger partial charge in [0.1, 0.15) is 0 Å². The van der Waals surface area contributed by atoms with Crippen LogP contribution in [0.3, 0.4) is 0 Å². The summed E-state index contributed by atoms with van der Waals surface area (Å²) in [6.45, 7) is 9.90. The van der Waals surface area contributed by atoms with Gasteiger partial charge in [0.15, 0.2) is 0 Å². The Labute approximate surface area is 120 Å². The predicted octanol–water partition coefficient (Wildman–Crippen LogP) is 3.81. The fourth-order valence-electron chi connectivity index (χ4n) is 4.28. The topological polar surface area (TPSA) is 15.3 Å². The second-order valence-electron chi connectivity index (χ2n) is 6.92. The van der Waals surface area contributed by atoms with Gasteiger partial charge in [-0.1, -0.05) is 33.1 Å². The van der Waals surface area contributed by atoms with Crippen LogP contribution in [-0.2, 0) is 0 Å². The number of rotatable bonds is 6. The van der Waals surface area contributed by atoms with E-state index in [0.717, 1.165) is 5.92 Å². The molecule has 2 saturated heterocycles. The van der Waals surface area contributed by atoms with Gasteiger partial charge in [-0.25, -0.2) is 0 Å². The first-order valence-corrected chi connectivity index (χ1v) is 8.75. The van der Waals surface area contributed by atoms with E-state index in [9.17, 15) is 0 Å². The molecule has 2 rings (SSSR count). The molecule has 112 valence electrons. The molecule has 2 nitrogen and oxygen atoms in total. The zero-order valence-electron chi connectivity index (χ0n) is 13.2. The third-order valence-corrected chi connectivity index (χ3v) is 5.22. The Balaban J connectivity index is 1.84. The molecule has 2 heteroatoms. The van der Waals surface area contributed by atoms with Crippen molar-refractivity contribution in [1.82, 2.24) is 10.2 Å². The van der Waals surface area contributed by atoms with E-state index in [1.54, 1.807) is 0 Å². The minimum absolute atomic E-state index is 0.458. The molecule has 0 saturated carbocycles. The van der Waals surface area contributed by atoms with E-state index >= 15 is 0 Å². The van der Waals surface area contributed by atoms with Crippen molar-refractivity contribution in [3.63, 3.8) is 0 Å². The SMILES string of the molecule is CCCC1CCCN(CC2(CCC)CCCN2)CC1. The Bertz CT molecular complexity index is 246. The van der Waals surface area contributed by atoms with Crippen LogP contribution in [0.15, 0.2) is 0 Å². The number of nitrogens with one attached hydrogen (secondary N) is 1. The summed E-state index contributed by atoms with van der Waals surface area (Å²) < 4.78 is 0. The number of nitrogens with zero attached hydrogens (tertiary/aromatic N) is 1. The fourth-order valence-corrected chi connectivity index (χ4v) is 4.28. The van der Waals surface area contributed by atoms with E-state index in [0.29, 0.717) is 5.54 Å². The quantitative estimate of drug-likeness (QED) is 0.786. The van der Waals surface area contributed by atoms with Crippen LogP contribution in [0.2, 0.25) is 0 Å². The Morgan fingerprint density at radius 3 is 2.68 bits per heavy atom. The second-order valence-corrected chi connectivity index (χ2v) is 6.92. The van der Waals surface area contributed by atoms with Crippen molar-refractivity contribution in [2.45, 2.75) is 77.2 Å². The van der Waals surface area contributed by atoms with Gasteiger partial charge in [0.25, 0.3) is 0 Å². The highest BCUT2D eigenvalue weighted by Crippen LogP contribution is 2.28. The summed E-state index contributed by atoms with van der Waals surface area (Å²) in [5.41, 5.74) is 0.458. The third-order valence-electron chi connectivity index (χ3n) is 5.22. The van der Waals surface area contributed by atoms with Gasteiger partial charge >= 0.3 is 0 Å². The minimum Gasteiger partial charge on any atom is -0.310 e. The molecule has 2 atom stereocenters. The van der Waals surface area contributed by atoms with Gasteiger partial charge in [0.05, 0.1) is 0 Å². The van der Waals surface area contributed by atoms with Crippen LogP contribution in [0.1, 0.15) is 71.6 Å². The first kappa shape index (κ1) is 15.3. The van der Waals surface area contributed by atoms with Crippen molar-refractivity contribution in [2.75, 3.05) is 26.2 Å². The van der Waals surface area contributed by atoms with Crippen LogP contribution >= 0.6 is 0 Å². The lowest BCUT2D eigenvalue weighted by Crippen LogP contribution is -2.50. The second kappa shape index (κ2) is 7.64. The molecule has 0 aromatic carbocycles. The predicted molar refractivity (Wildman–Crippen MR) is 83.6 cm³/mol. The van der Waals surface area contributed by atoms with E-state index in [-0.39, 0.29) is 0 Å². The lowest BCUT2D eigenvalue weighted by molar-refractivity contribution is 0.186. The highest BCUT2D eigenvalue weighted by molar-refractivity contribution is 4.95. The smallest absolute Gasteiger partial charge is 0.0309 e. The van der Waals surface area contributed by atoms with Crippen LogP contribution in [0.25, 0.3) is 0 Å². The standard InChI is InChI=1S/C17H34N2/c1-3-7-16-8-5-13-19(14-9-16)15-17(10-4-2)11-6-12-18-17/h16,18H,3-15H2,1-2H3. The molecule has 2 fully saturated rings. The third kappa shape index (κ3) is 4.46. The Morgan fingerprint density at radius 2 is 2.00 bits per heavy atom. The van der Waals surface area contributed by atoms with Crippen LogP contribution in [0.5, 0.6) is 0 Å². The normalized spacial score (nSPS) is 33.5. The van der Waals surface area contributed by atoms with E-state index in [1.807, 2.05) is 0 Å². The summed E-state index contributed by atoms with van der Waals surface area (Å²) in [5.74, 6) is 1.01. The molecule has 2 aliphatic heterocycles. The average Bonchev–Trinajstić information content (AvgIpc) is 2.73. The van der Waals surface area contributed by atoms with Gasteiger partial charge < -0.3 is 10.2 Å². The van der Waals surface area contributed by atoms with Gasteiger partial charge in [0, 0.05) is 12.1 Å². The molecule has 0 aromatic rings. The fraction of sp³-hybridized carbons (Fsp3) is 1.00. The molecule has 19 heavy (non-hydrogen) atoms. The maximum Gasteiger partial charge on any atom is 0.0309 e. The molecular formula is C17H34N2. The maximum absolute atomic E-state index is 3.83.